The SMILES string of the molecule is Cn1cc(-c2ccc(CN3C(=O)CS(=O)c4ccccc43)c(F)c2)cn1.Cn1cc(-c2ccc(CN3C(=O)CSc4ccccc43)c(F)c2)cn1. The average molecular weight is 723 g/mol. The van der Waals surface area contributed by atoms with Crippen molar-refractivity contribution in [2.24, 2.45) is 14.1 Å². The van der Waals surface area contributed by atoms with Gasteiger partial charge in [0.1, 0.15) is 17.4 Å². The summed E-state index contributed by atoms with van der Waals surface area (Å²) < 4.78 is 44.8. The molecule has 0 aliphatic carbocycles. The van der Waals surface area contributed by atoms with Crippen LogP contribution in [0.15, 0.2) is 120 Å². The number of thioether (sulfide) groups is 1. The molecule has 4 aromatic carbocycles. The Labute approximate surface area is 300 Å². The summed E-state index contributed by atoms with van der Waals surface area (Å²) in [4.78, 5) is 29.5. The third kappa shape index (κ3) is 7.26. The van der Waals surface area contributed by atoms with E-state index in [9.17, 15) is 22.6 Å². The smallest absolute Gasteiger partial charge is 0.240 e. The Morgan fingerprint density at radius 3 is 1.76 bits per heavy atom. The molecule has 2 aliphatic heterocycles. The molecule has 258 valence electrons. The minimum Gasteiger partial charge on any atom is -0.306 e. The van der Waals surface area contributed by atoms with Crippen LogP contribution in [-0.4, -0.2) is 47.1 Å². The molecule has 0 N–H and O–H groups in total. The number of carbonyl (C=O) groups is 2. The summed E-state index contributed by atoms with van der Waals surface area (Å²) in [6.07, 6.45) is 7.04. The van der Waals surface area contributed by atoms with Gasteiger partial charge in [0.05, 0.1) is 58.3 Å². The summed E-state index contributed by atoms with van der Waals surface area (Å²) in [5.74, 6) is -0.663. The van der Waals surface area contributed by atoms with Crippen molar-refractivity contribution in [1.82, 2.24) is 19.6 Å². The quantitative estimate of drug-likeness (QED) is 0.189. The molecule has 0 bridgehead atoms. The van der Waals surface area contributed by atoms with E-state index in [1.54, 1.807) is 70.1 Å². The van der Waals surface area contributed by atoms with Crippen LogP contribution in [0.2, 0.25) is 0 Å². The number of amides is 2. The van der Waals surface area contributed by atoms with Gasteiger partial charge in [0.25, 0.3) is 0 Å². The van der Waals surface area contributed by atoms with E-state index in [0.717, 1.165) is 32.8 Å². The molecule has 0 fully saturated rings. The molecule has 2 aromatic heterocycles. The first-order valence-corrected chi connectivity index (χ1v) is 18.3. The van der Waals surface area contributed by atoms with Crippen LogP contribution in [0.5, 0.6) is 0 Å². The van der Waals surface area contributed by atoms with E-state index in [1.807, 2.05) is 55.8 Å². The highest BCUT2D eigenvalue weighted by Crippen LogP contribution is 2.36. The molecule has 0 saturated heterocycles. The molecule has 0 saturated carbocycles. The number of halogens is 2. The number of rotatable bonds is 6. The molecule has 2 aliphatic rings. The average Bonchev–Trinajstić information content (AvgIpc) is 3.77. The lowest BCUT2D eigenvalue weighted by molar-refractivity contribution is -0.117. The van der Waals surface area contributed by atoms with Crippen LogP contribution in [0.25, 0.3) is 22.3 Å². The van der Waals surface area contributed by atoms with Gasteiger partial charge in [-0.25, -0.2) is 8.78 Å². The molecule has 0 radical (unpaired) electrons. The summed E-state index contributed by atoms with van der Waals surface area (Å²) in [5, 5.41) is 8.21. The second-order valence-electron chi connectivity index (χ2n) is 12.1. The molecule has 0 spiro atoms. The Morgan fingerprint density at radius 2 is 1.22 bits per heavy atom. The molecular formula is C38H32F2N6O3S2. The minimum absolute atomic E-state index is 0.000522. The number of hydrogen-bond donors (Lipinski definition) is 0. The second kappa shape index (κ2) is 14.4. The normalized spacial score (nSPS) is 15.3. The van der Waals surface area contributed by atoms with Crippen LogP contribution in [0, 0.1) is 11.6 Å². The van der Waals surface area contributed by atoms with Gasteiger partial charge in [0, 0.05) is 53.6 Å². The largest absolute Gasteiger partial charge is 0.306 e. The number of aromatic nitrogens is 4. The monoisotopic (exact) mass is 722 g/mol. The van der Waals surface area contributed by atoms with Gasteiger partial charge in [0.15, 0.2) is 0 Å². The number of para-hydroxylation sites is 2. The van der Waals surface area contributed by atoms with Crippen molar-refractivity contribution in [3.8, 4) is 22.3 Å². The van der Waals surface area contributed by atoms with Crippen LogP contribution in [0.4, 0.5) is 20.2 Å². The zero-order valence-corrected chi connectivity index (χ0v) is 29.3. The maximum absolute atomic E-state index is 14.7. The van der Waals surface area contributed by atoms with Crippen molar-refractivity contribution < 1.29 is 22.6 Å². The highest BCUT2D eigenvalue weighted by atomic mass is 32.2. The Balaban J connectivity index is 0.000000159. The van der Waals surface area contributed by atoms with Crippen LogP contribution in [0.1, 0.15) is 11.1 Å². The van der Waals surface area contributed by atoms with Gasteiger partial charge in [-0.3, -0.25) is 23.2 Å². The fourth-order valence-corrected chi connectivity index (χ4v) is 8.08. The van der Waals surface area contributed by atoms with Gasteiger partial charge in [-0.05, 0) is 47.5 Å². The van der Waals surface area contributed by atoms with E-state index in [1.165, 1.54) is 28.8 Å². The zero-order chi connectivity index (χ0) is 35.6. The number of nitrogens with zero attached hydrogens (tertiary/aromatic N) is 6. The Bertz CT molecular complexity index is 2300. The first kappa shape index (κ1) is 34.1. The number of aryl methyl sites for hydroxylation is 2. The van der Waals surface area contributed by atoms with Gasteiger partial charge >= 0.3 is 0 Å². The van der Waals surface area contributed by atoms with Crippen LogP contribution >= 0.6 is 11.8 Å². The predicted molar refractivity (Wildman–Crippen MR) is 194 cm³/mol. The van der Waals surface area contributed by atoms with Crippen molar-refractivity contribution in [2.75, 3.05) is 21.3 Å². The molecule has 6 aromatic rings. The molecule has 4 heterocycles. The van der Waals surface area contributed by atoms with E-state index in [0.29, 0.717) is 27.5 Å². The minimum atomic E-state index is -1.35. The molecule has 51 heavy (non-hydrogen) atoms. The number of anilines is 2. The molecule has 9 nitrogen and oxygen atoms in total. The number of benzene rings is 4. The Hall–Kier alpha value is -5.40. The van der Waals surface area contributed by atoms with Gasteiger partial charge in [-0.15, -0.1) is 11.8 Å². The van der Waals surface area contributed by atoms with Crippen molar-refractivity contribution >= 4 is 45.8 Å². The lowest BCUT2D eigenvalue weighted by Gasteiger charge is -2.29. The van der Waals surface area contributed by atoms with Crippen molar-refractivity contribution in [3.63, 3.8) is 0 Å². The number of fused-ring (bicyclic) bond motifs is 2. The second-order valence-corrected chi connectivity index (χ2v) is 14.5. The third-order valence-corrected chi connectivity index (χ3v) is 11.0. The standard InChI is InChI=1S/C19H16FN3O2S.C19H16FN3OS/c1-22-10-15(9-21-22)13-6-7-14(16(20)8-13)11-23-17-4-2-3-5-18(17)26(25)12-19(23)24;1-22-10-15(9-21-22)13-6-7-14(16(20)8-13)11-23-17-4-2-3-5-18(17)25-12-19(23)24/h2-10H,11-12H2,1H3;2-10H,11-12H2,1H3. The van der Waals surface area contributed by atoms with Gasteiger partial charge in [-0.2, -0.15) is 10.2 Å². The fourth-order valence-electron chi connectivity index (χ4n) is 5.97. The Kier molecular flexibility index (Phi) is 9.65. The Morgan fingerprint density at radius 1 is 0.686 bits per heavy atom. The molecule has 8 rings (SSSR count). The topological polar surface area (TPSA) is 93.3 Å². The highest BCUT2D eigenvalue weighted by Gasteiger charge is 2.29. The molecule has 13 heteroatoms. The molecule has 1 atom stereocenters. The molecule has 2 amide bonds. The maximum Gasteiger partial charge on any atom is 0.240 e. The number of hydrogen-bond acceptors (Lipinski definition) is 6. The summed E-state index contributed by atoms with van der Waals surface area (Å²) in [6, 6.07) is 24.8. The third-order valence-electron chi connectivity index (χ3n) is 8.60. The van der Waals surface area contributed by atoms with E-state index in [-0.39, 0.29) is 42.3 Å². The van der Waals surface area contributed by atoms with Crippen LogP contribution < -0.4 is 9.80 Å². The highest BCUT2D eigenvalue weighted by molar-refractivity contribution is 8.00. The summed E-state index contributed by atoms with van der Waals surface area (Å²) in [6.45, 7) is 0.335. The first-order valence-electron chi connectivity index (χ1n) is 16.0. The predicted octanol–water partition coefficient (Wildman–Crippen LogP) is 6.75. The lowest BCUT2D eigenvalue weighted by Crippen LogP contribution is -2.38. The van der Waals surface area contributed by atoms with E-state index < -0.39 is 10.8 Å². The fraction of sp³-hybridized carbons (Fsp3) is 0.158. The van der Waals surface area contributed by atoms with Crippen molar-refractivity contribution in [2.45, 2.75) is 22.9 Å². The van der Waals surface area contributed by atoms with Gasteiger partial charge in [-0.1, -0.05) is 48.5 Å². The van der Waals surface area contributed by atoms with Gasteiger partial charge in [0.2, 0.25) is 11.8 Å². The van der Waals surface area contributed by atoms with E-state index >= 15 is 0 Å². The maximum atomic E-state index is 14.7. The summed E-state index contributed by atoms with van der Waals surface area (Å²) >= 11 is 1.52. The number of carbonyl (C=O) groups excluding carboxylic acids is 2. The zero-order valence-electron chi connectivity index (χ0n) is 27.7. The van der Waals surface area contributed by atoms with Gasteiger partial charge < -0.3 is 9.80 Å². The summed E-state index contributed by atoms with van der Waals surface area (Å²) in [7, 11) is 2.28. The van der Waals surface area contributed by atoms with Crippen molar-refractivity contribution in [1.29, 1.82) is 0 Å². The van der Waals surface area contributed by atoms with E-state index in [2.05, 4.69) is 10.2 Å². The van der Waals surface area contributed by atoms with Crippen LogP contribution in [-0.2, 0) is 47.6 Å². The first-order chi connectivity index (χ1) is 24.6. The van der Waals surface area contributed by atoms with Crippen molar-refractivity contribution in [3.05, 3.63) is 132 Å². The lowest BCUT2D eigenvalue weighted by atomic mass is 10.1. The molecule has 1 unspecified atom stereocenters. The van der Waals surface area contributed by atoms with Crippen LogP contribution in [0.3, 0.4) is 0 Å². The molecular weight excluding hydrogens is 691 g/mol. The summed E-state index contributed by atoms with van der Waals surface area (Å²) in [5.41, 5.74) is 5.53. The van der Waals surface area contributed by atoms with E-state index in [4.69, 9.17) is 0 Å².